The molecule has 88 valence electrons. The van der Waals surface area contributed by atoms with Crippen LogP contribution in [0.15, 0.2) is 0 Å². The Bertz CT molecular complexity index is 218. The molecular formula is C12H24N2O. The summed E-state index contributed by atoms with van der Waals surface area (Å²) >= 11 is 0. The van der Waals surface area contributed by atoms with Gasteiger partial charge in [0, 0.05) is 25.0 Å². The van der Waals surface area contributed by atoms with Crippen LogP contribution >= 0.6 is 0 Å². The molecule has 3 nitrogen and oxygen atoms in total. The van der Waals surface area contributed by atoms with Gasteiger partial charge < -0.3 is 10.2 Å². The maximum absolute atomic E-state index is 12.0. The van der Waals surface area contributed by atoms with Crippen molar-refractivity contribution >= 4 is 5.91 Å². The first-order valence-corrected chi connectivity index (χ1v) is 6.06. The molecule has 1 heterocycles. The third-order valence-electron chi connectivity index (χ3n) is 3.62. The molecule has 1 saturated heterocycles. The van der Waals surface area contributed by atoms with Crippen molar-refractivity contribution in [2.45, 2.75) is 39.7 Å². The number of hydrogen-bond donors (Lipinski definition) is 1. The summed E-state index contributed by atoms with van der Waals surface area (Å²) in [7, 11) is 2.01. The standard InChI is InChI=1S/C12H24N2O/c1-5-9(2)12(15)14-7-6-11(13-4)10(3)8-14/h9-11,13H,5-8H2,1-4H3. The molecule has 15 heavy (non-hydrogen) atoms. The monoisotopic (exact) mass is 212 g/mol. The largest absolute Gasteiger partial charge is 0.342 e. The average molecular weight is 212 g/mol. The third kappa shape index (κ3) is 2.94. The van der Waals surface area contributed by atoms with Crippen molar-refractivity contribution in [2.75, 3.05) is 20.1 Å². The molecule has 0 bridgehead atoms. The molecule has 0 saturated carbocycles. The van der Waals surface area contributed by atoms with Crippen LogP contribution in [0.3, 0.4) is 0 Å². The molecule has 0 aromatic carbocycles. The molecule has 0 aliphatic carbocycles. The Kier molecular flexibility index (Phi) is 4.58. The molecule has 1 rings (SSSR count). The van der Waals surface area contributed by atoms with Gasteiger partial charge in [0.25, 0.3) is 0 Å². The van der Waals surface area contributed by atoms with E-state index in [1.54, 1.807) is 0 Å². The van der Waals surface area contributed by atoms with Crippen molar-refractivity contribution < 1.29 is 4.79 Å². The van der Waals surface area contributed by atoms with Crippen molar-refractivity contribution in [1.82, 2.24) is 10.2 Å². The Hall–Kier alpha value is -0.570. The third-order valence-corrected chi connectivity index (χ3v) is 3.62. The van der Waals surface area contributed by atoms with Crippen LogP contribution in [0, 0.1) is 11.8 Å². The number of carbonyl (C=O) groups excluding carboxylic acids is 1. The summed E-state index contributed by atoms with van der Waals surface area (Å²) in [4.78, 5) is 14.0. The van der Waals surface area contributed by atoms with Crippen LogP contribution in [0.2, 0.25) is 0 Å². The quantitative estimate of drug-likeness (QED) is 0.768. The molecule has 0 radical (unpaired) electrons. The van der Waals surface area contributed by atoms with E-state index in [4.69, 9.17) is 0 Å². The summed E-state index contributed by atoms with van der Waals surface area (Å²) in [6.07, 6.45) is 2.03. The van der Waals surface area contributed by atoms with E-state index in [0.717, 1.165) is 25.9 Å². The summed E-state index contributed by atoms with van der Waals surface area (Å²) in [5.41, 5.74) is 0. The Morgan fingerprint density at radius 3 is 2.73 bits per heavy atom. The van der Waals surface area contributed by atoms with Gasteiger partial charge >= 0.3 is 0 Å². The molecule has 3 heteroatoms. The maximum atomic E-state index is 12.0. The van der Waals surface area contributed by atoms with Gasteiger partial charge in [0.05, 0.1) is 0 Å². The minimum Gasteiger partial charge on any atom is -0.342 e. The summed E-state index contributed by atoms with van der Waals surface area (Å²) in [5.74, 6) is 1.08. The molecule has 1 aliphatic heterocycles. The highest BCUT2D eigenvalue weighted by molar-refractivity contribution is 5.78. The number of hydrogen-bond acceptors (Lipinski definition) is 2. The van der Waals surface area contributed by atoms with E-state index >= 15 is 0 Å². The molecule has 0 spiro atoms. The number of carbonyl (C=O) groups is 1. The second-order valence-electron chi connectivity index (χ2n) is 4.75. The summed E-state index contributed by atoms with van der Waals surface area (Å²) in [6, 6.07) is 0.575. The van der Waals surface area contributed by atoms with E-state index in [9.17, 15) is 4.79 Å². The number of piperidine rings is 1. The number of nitrogens with one attached hydrogen (secondary N) is 1. The fourth-order valence-corrected chi connectivity index (χ4v) is 2.26. The highest BCUT2D eigenvalue weighted by Crippen LogP contribution is 2.19. The lowest BCUT2D eigenvalue weighted by Gasteiger charge is -2.37. The molecule has 3 unspecified atom stereocenters. The summed E-state index contributed by atoms with van der Waals surface area (Å²) in [6.45, 7) is 8.15. The average Bonchev–Trinajstić information content (AvgIpc) is 2.26. The van der Waals surface area contributed by atoms with Gasteiger partial charge in [-0.15, -0.1) is 0 Å². The van der Waals surface area contributed by atoms with Gasteiger partial charge in [0.15, 0.2) is 0 Å². The summed E-state index contributed by atoms with van der Waals surface area (Å²) < 4.78 is 0. The van der Waals surface area contributed by atoms with Crippen LogP contribution in [-0.2, 0) is 4.79 Å². The zero-order chi connectivity index (χ0) is 11.4. The molecular weight excluding hydrogens is 188 g/mol. The van der Waals surface area contributed by atoms with E-state index in [2.05, 4.69) is 19.2 Å². The van der Waals surface area contributed by atoms with Gasteiger partial charge in [-0.25, -0.2) is 0 Å². The lowest BCUT2D eigenvalue weighted by atomic mass is 9.93. The first kappa shape index (κ1) is 12.5. The van der Waals surface area contributed by atoms with Crippen LogP contribution < -0.4 is 5.32 Å². The zero-order valence-electron chi connectivity index (χ0n) is 10.4. The SMILES string of the molecule is CCC(C)C(=O)N1CCC(NC)C(C)C1. The van der Waals surface area contributed by atoms with Crippen molar-refractivity contribution in [3.05, 3.63) is 0 Å². The van der Waals surface area contributed by atoms with Crippen LogP contribution in [-0.4, -0.2) is 37.0 Å². The van der Waals surface area contributed by atoms with Gasteiger partial charge in [-0.1, -0.05) is 20.8 Å². The van der Waals surface area contributed by atoms with E-state index in [-0.39, 0.29) is 5.92 Å². The molecule has 1 N–H and O–H groups in total. The lowest BCUT2D eigenvalue weighted by Crippen LogP contribution is -2.50. The highest BCUT2D eigenvalue weighted by Gasteiger charge is 2.28. The Balaban J connectivity index is 2.50. The van der Waals surface area contributed by atoms with Gasteiger partial charge in [0.2, 0.25) is 5.91 Å². The molecule has 0 aromatic rings. The highest BCUT2D eigenvalue weighted by atomic mass is 16.2. The number of amides is 1. The second kappa shape index (κ2) is 5.50. The Morgan fingerprint density at radius 1 is 1.60 bits per heavy atom. The van der Waals surface area contributed by atoms with Crippen molar-refractivity contribution in [2.24, 2.45) is 11.8 Å². The topological polar surface area (TPSA) is 32.3 Å². The minimum atomic E-state index is 0.184. The van der Waals surface area contributed by atoms with Crippen LogP contribution in [0.4, 0.5) is 0 Å². The Labute approximate surface area is 93.2 Å². The number of nitrogens with zero attached hydrogens (tertiary/aromatic N) is 1. The number of likely N-dealkylation sites (tertiary alicyclic amines) is 1. The van der Waals surface area contributed by atoms with Gasteiger partial charge in [-0.3, -0.25) is 4.79 Å². The first-order chi connectivity index (χ1) is 7.10. The number of rotatable bonds is 3. The fourth-order valence-electron chi connectivity index (χ4n) is 2.26. The van der Waals surface area contributed by atoms with Crippen LogP contribution in [0.25, 0.3) is 0 Å². The first-order valence-electron chi connectivity index (χ1n) is 6.06. The fraction of sp³-hybridized carbons (Fsp3) is 0.917. The van der Waals surface area contributed by atoms with Gasteiger partial charge in [0.1, 0.15) is 0 Å². The van der Waals surface area contributed by atoms with Gasteiger partial charge in [-0.05, 0) is 25.8 Å². The predicted octanol–water partition coefficient (Wildman–Crippen LogP) is 1.49. The van der Waals surface area contributed by atoms with Crippen molar-refractivity contribution in [1.29, 1.82) is 0 Å². The Morgan fingerprint density at radius 2 is 2.27 bits per heavy atom. The molecule has 1 fully saturated rings. The zero-order valence-corrected chi connectivity index (χ0v) is 10.4. The molecule has 1 amide bonds. The minimum absolute atomic E-state index is 0.184. The van der Waals surface area contributed by atoms with Crippen molar-refractivity contribution in [3.63, 3.8) is 0 Å². The van der Waals surface area contributed by atoms with E-state index in [1.807, 2.05) is 18.9 Å². The van der Waals surface area contributed by atoms with E-state index < -0.39 is 0 Å². The molecule has 3 atom stereocenters. The van der Waals surface area contributed by atoms with E-state index in [1.165, 1.54) is 0 Å². The maximum Gasteiger partial charge on any atom is 0.225 e. The smallest absolute Gasteiger partial charge is 0.225 e. The molecule has 0 aromatic heterocycles. The van der Waals surface area contributed by atoms with E-state index in [0.29, 0.717) is 17.9 Å². The van der Waals surface area contributed by atoms with Crippen LogP contribution in [0.5, 0.6) is 0 Å². The molecule has 1 aliphatic rings. The van der Waals surface area contributed by atoms with Crippen molar-refractivity contribution in [3.8, 4) is 0 Å². The second-order valence-corrected chi connectivity index (χ2v) is 4.75. The predicted molar refractivity (Wildman–Crippen MR) is 62.7 cm³/mol. The van der Waals surface area contributed by atoms with Crippen LogP contribution in [0.1, 0.15) is 33.6 Å². The lowest BCUT2D eigenvalue weighted by molar-refractivity contribution is -0.137. The summed E-state index contributed by atoms with van der Waals surface area (Å²) in [5, 5.41) is 3.32. The normalized spacial score (nSPS) is 28.9. The van der Waals surface area contributed by atoms with Gasteiger partial charge in [-0.2, -0.15) is 0 Å².